The largest absolute Gasteiger partial charge is 0.490 e. The van der Waals surface area contributed by atoms with Gasteiger partial charge in [-0.25, -0.2) is 9.18 Å². The molecule has 1 aliphatic heterocycles. The molecule has 1 atom stereocenters. The van der Waals surface area contributed by atoms with Crippen LogP contribution in [0.5, 0.6) is 5.75 Å². The van der Waals surface area contributed by atoms with Gasteiger partial charge in [-0.2, -0.15) is 0 Å². The molecule has 3 rings (SSSR count). The summed E-state index contributed by atoms with van der Waals surface area (Å²) in [6.45, 7) is 0.311. The number of nitro benzene ring substituents is 1. The van der Waals surface area contributed by atoms with Gasteiger partial charge in [-0.15, -0.1) is 0 Å². The summed E-state index contributed by atoms with van der Waals surface area (Å²) >= 11 is 0. The van der Waals surface area contributed by atoms with E-state index in [1.54, 1.807) is 30.3 Å². The zero-order valence-electron chi connectivity index (χ0n) is 13.2. The molecule has 2 aromatic rings. The highest BCUT2D eigenvalue weighted by atomic mass is 19.1. The molecule has 1 heterocycles. The molecule has 2 amide bonds. The molecule has 25 heavy (non-hydrogen) atoms. The first-order valence-electron chi connectivity index (χ1n) is 7.74. The number of halogens is 1. The van der Waals surface area contributed by atoms with E-state index < -0.39 is 16.8 Å². The van der Waals surface area contributed by atoms with Crippen molar-refractivity contribution in [3.8, 4) is 5.75 Å². The number of hydrogen-bond acceptors (Lipinski definition) is 4. The van der Waals surface area contributed by atoms with Gasteiger partial charge in [-0.3, -0.25) is 10.1 Å². The fourth-order valence-electron chi connectivity index (χ4n) is 2.76. The molecule has 7 nitrogen and oxygen atoms in total. The van der Waals surface area contributed by atoms with Crippen molar-refractivity contribution in [2.75, 3.05) is 6.61 Å². The zero-order chi connectivity index (χ0) is 17.8. The molecule has 0 unspecified atom stereocenters. The molecular formula is C17H16FN3O4. The number of benzene rings is 2. The Hall–Kier alpha value is -3.16. The van der Waals surface area contributed by atoms with Gasteiger partial charge in [0, 0.05) is 23.6 Å². The van der Waals surface area contributed by atoms with Crippen LogP contribution in [0.15, 0.2) is 42.5 Å². The average Bonchev–Trinajstić information content (AvgIpc) is 2.61. The molecule has 0 aliphatic carbocycles. The van der Waals surface area contributed by atoms with E-state index in [4.69, 9.17) is 4.74 Å². The third kappa shape index (κ3) is 3.68. The Labute approximate surface area is 143 Å². The highest BCUT2D eigenvalue weighted by molar-refractivity contribution is 5.74. The van der Waals surface area contributed by atoms with Crippen LogP contribution in [0.1, 0.15) is 23.6 Å². The third-order valence-electron chi connectivity index (χ3n) is 3.96. The van der Waals surface area contributed by atoms with Gasteiger partial charge in [-0.1, -0.05) is 30.3 Å². The van der Waals surface area contributed by atoms with E-state index in [1.165, 1.54) is 12.1 Å². The second kappa shape index (κ2) is 7.16. The molecular weight excluding hydrogens is 329 g/mol. The fraction of sp³-hybridized carbons (Fsp3) is 0.235. The lowest BCUT2D eigenvalue weighted by Gasteiger charge is -2.27. The molecule has 0 saturated heterocycles. The van der Waals surface area contributed by atoms with Crippen LogP contribution in [0.4, 0.5) is 14.9 Å². The second-order valence-electron chi connectivity index (χ2n) is 5.56. The number of urea groups is 1. The summed E-state index contributed by atoms with van der Waals surface area (Å²) in [5.74, 6) is -0.318. The summed E-state index contributed by atoms with van der Waals surface area (Å²) < 4.78 is 19.1. The van der Waals surface area contributed by atoms with Crippen LogP contribution < -0.4 is 15.4 Å². The fourth-order valence-corrected chi connectivity index (χ4v) is 2.76. The van der Waals surface area contributed by atoms with Crippen LogP contribution in [0.25, 0.3) is 0 Å². The lowest BCUT2D eigenvalue weighted by molar-refractivity contribution is -0.385. The van der Waals surface area contributed by atoms with Crippen LogP contribution in [0, 0.1) is 15.9 Å². The number of rotatable bonds is 4. The number of para-hydroxylation sites is 2. The molecule has 0 saturated carbocycles. The quantitative estimate of drug-likeness (QED) is 0.658. The Balaban J connectivity index is 1.65. The van der Waals surface area contributed by atoms with E-state index in [9.17, 15) is 19.3 Å². The smallest absolute Gasteiger partial charge is 0.315 e. The minimum absolute atomic E-state index is 0.0161. The van der Waals surface area contributed by atoms with Gasteiger partial charge < -0.3 is 15.4 Å². The topological polar surface area (TPSA) is 93.5 Å². The van der Waals surface area contributed by atoms with Crippen LogP contribution in [0.2, 0.25) is 0 Å². The van der Waals surface area contributed by atoms with E-state index in [-0.39, 0.29) is 24.0 Å². The highest BCUT2D eigenvalue weighted by Crippen LogP contribution is 2.33. The summed E-state index contributed by atoms with van der Waals surface area (Å²) in [6.07, 6.45) is 0.509. The van der Waals surface area contributed by atoms with Crippen molar-refractivity contribution in [3.05, 3.63) is 69.5 Å². The van der Waals surface area contributed by atoms with E-state index >= 15 is 0 Å². The van der Waals surface area contributed by atoms with E-state index in [2.05, 4.69) is 10.6 Å². The number of nitro groups is 1. The Kier molecular flexibility index (Phi) is 4.78. The van der Waals surface area contributed by atoms with Crippen molar-refractivity contribution >= 4 is 11.7 Å². The molecule has 0 bridgehead atoms. The highest BCUT2D eigenvalue weighted by Gasteiger charge is 2.25. The molecule has 8 heteroatoms. The van der Waals surface area contributed by atoms with Crippen LogP contribution in [-0.2, 0) is 6.54 Å². The lowest BCUT2D eigenvalue weighted by Crippen LogP contribution is -2.39. The van der Waals surface area contributed by atoms with Crippen molar-refractivity contribution in [3.63, 3.8) is 0 Å². The SMILES string of the molecule is O=C(NCc1ccccc1[N+](=O)[O-])N[C@H]1CCOc2c(F)cccc21. The van der Waals surface area contributed by atoms with Gasteiger partial charge >= 0.3 is 6.03 Å². The van der Waals surface area contributed by atoms with Gasteiger partial charge in [0.05, 0.1) is 24.1 Å². The first-order valence-corrected chi connectivity index (χ1v) is 7.74. The number of nitrogens with zero attached hydrogens (tertiary/aromatic N) is 1. The summed E-state index contributed by atoms with van der Waals surface area (Å²) in [6, 6.07) is 9.88. The summed E-state index contributed by atoms with van der Waals surface area (Å²) in [4.78, 5) is 22.6. The number of hydrogen-bond donors (Lipinski definition) is 2. The third-order valence-corrected chi connectivity index (χ3v) is 3.96. The molecule has 130 valence electrons. The number of amides is 2. The van der Waals surface area contributed by atoms with Gasteiger partial charge in [0.25, 0.3) is 5.69 Å². The van der Waals surface area contributed by atoms with Crippen molar-refractivity contribution in [2.45, 2.75) is 19.0 Å². The second-order valence-corrected chi connectivity index (χ2v) is 5.56. The zero-order valence-corrected chi connectivity index (χ0v) is 13.2. The Bertz CT molecular complexity index is 812. The Morgan fingerprint density at radius 2 is 2.08 bits per heavy atom. The van der Waals surface area contributed by atoms with Crippen LogP contribution in [0.3, 0.4) is 0 Å². The summed E-state index contributed by atoms with van der Waals surface area (Å²) in [5.41, 5.74) is 0.925. The lowest BCUT2D eigenvalue weighted by atomic mass is 10.0. The Morgan fingerprint density at radius 1 is 1.28 bits per heavy atom. The van der Waals surface area contributed by atoms with E-state index in [0.717, 1.165) is 0 Å². The number of carbonyl (C=O) groups is 1. The van der Waals surface area contributed by atoms with Gasteiger partial charge in [0.2, 0.25) is 0 Å². The summed E-state index contributed by atoms with van der Waals surface area (Å²) in [7, 11) is 0. The maximum absolute atomic E-state index is 13.8. The molecule has 2 N–H and O–H groups in total. The number of carbonyl (C=O) groups excluding carboxylic acids is 1. The van der Waals surface area contributed by atoms with Gasteiger partial charge in [-0.05, 0) is 6.07 Å². The maximum atomic E-state index is 13.8. The predicted octanol–water partition coefficient (Wildman–Crippen LogP) is 3.06. The van der Waals surface area contributed by atoms with Gasteiger partial charge in [0.1, 0.15) is 0 Å². The maximum Gasteiger partial charge on any atom is 0.315 e. The first kappa shape index (κ1) is 16.7. The first-order chi connectivity index (χ1) is 12.1. The van der Waals surface area contributed by atoms with Crippen LogP contribution >= 0.6 is 0 Å². The average molecular weight is 345 g/mol. The minimum Gasteiger partial charge on any atom is -0.490 e. The van der Waals surface area contributed by atoms with E-state index in [0.29, 0.717) is 24.2 Å². The van der Waals surface area contributed by atoms with Crippen molar-refractivity contribution in [1.29, 1.82) is 0 Å². The number of fused-ring (bicyclic) bond motifs is 1. The number of nitrogens with one attached hydrogen (secondary N) is 2. The molecule has 2 aromatic carbocycles. The molecule has 0 aromatic heterocycles. The van der Waals surface area contributed by atoms with Crippen molar-refractivity contribution in [1.82, 2.24) is 10.6 Å². The van der Waals surface area contributed by atoms with E-state index in [1.807, 2.05) is 0 Å². The number of ether oxygens (including phenoxy) is 1. The molecule has 0 radical (unpaired) electrons. The minimum atomic E-state index is -0.494. The molecule has 0 fully saturated rings. The monoisotopic (exact) mass is 345 g/mol. The normalized spacial score (nSPS) is 15.6. The molecule has 1 aliphatic rings. The Morgan fingerprint density at radius 3 is 2.88 bits per heavy atom. The van der Waals surface area contributed by atoms with Gasteiger partial charge in [0.15, 0.2) is 11.6 Å². The van der Waals surface area contributed by atoms with Crippen molar-refractivity contribution in [2.24, 2.45) is 0 Å². The summed E-state index contributed by atoms with van der Waals surface area (Å²) in [5, 5.41) is 16.3. The molecule has 0 spiro atoms. The predicted molar refractivity (Wildman–Crippen MR) is 87.7 cm³/mol. The van der Waals surface area contributed by atoms with Crippen molar-refractivity contribution < 1.29 is 18.8 Å². The van der Waals surface area contributed by atoms with Crippen LogP contribution in [-0.4, -0.2) is 17.6 Å². The standard InChI is InChI=1S/C17H16FN3O4/c18-13-6-3-5-12-14(8-9-25-16(12)13)20-17(22)19-10-11-4-1-2-7-15(11)21(23)24/h1-7,14H,8-10H2,(H2,19,20,22)/t14-/m0/s1.